The van der Waals surface area contributed by atoms with E-state index in [0.717, 1.165) is 50.8 Å². The number of para-hydroxylation sites is 4. The molecule has 0 N–H and O–H groups in total. The molecule has 0 unspecified atom stereocenters. The van der Waals surface area contributed by atoms with Crippen LogP contribution in [0.3, 0.4) is 0 Å². The van der Waals surface area contributed by atoms with Gasteiger partial charge in [0, 0.05) is 59.4 Å². The minimum Gasteiger partial charge on any atom is -0.310 e. The van der Waals surface area contributed by atoms with Gasteiger partial charge in [-0.3, -0.25) is 0 Å². The van der Waals surface area contributed by atoms with Crippen LogP contribution in [-0.2, 0) is 0 Å². The van der Waals surface area contributed by atoms with E-state index in [4.69, 9.17) is 0 Å². The summed E-state index contributed by atoms with van der Waals surface area (Å²) in [6, 6.07) is 81.2. The molecule has 0 aliphatic rings. The number of rotatable bonds is 8. The highest BCUT2D eigenvalue weighted by molar-refractivity contribution is 7.25. The van der Waals surface area contributed by atoms with E-state index in [1.807, 2.05) is 11.3 Å². The standard InChI is InChI=1S/C54H37N3S/c1-5-17-38(18-6-1)39-29-31-43(32-30-39)57-49-27-15-13-26-47(49)54-50(56(41-21-9-3-10-22-41)42-23-11-4-12-24-42)36-45(37-51(54)57)55(40-19-7-2-8-20-40)44-33-34-53-48(35-44)46-25-14-16-28-52(46)58-53/h1-37H. The van der Waals surface area contributed by atoms with Gasteiger partial charge >= 0.3 is 0 Å². The van der Waals surface area contributed by atoms with E-state index >= 15 is 0 Å². The number of hydrogen-bond acceptors (Lipinski definition) is 3. The zero-order valence-corrected chi connectivity index (χ0v) is 32.4. The van der Waals surface area contributed by atoms with Crippen LogP contribution in [-0.4, -0.2) is 4.57 Å². The van der Waals surface area contributed by atoms with Crippen molar-refractivity contribution in [2.45, 2.75) is 0 Å². The van der Waals surface area contributed by atoms with Crippen molar-refractivity contribution in [3.8, 4) is 16.8 Å². The van der Waals surface area contributed by atoms with Gasteiger partial charge in [-0.15, -0.1) is 11.3 Å². The molecule has 0 aliphatic heterocycles. The topological polar surface area (TPSA) is 11.4 Å². The molecule has 2 heterocycles. The maximum Gasteiger partial charge on any atom is 0.0583 e. The van der Waals surface area contributed by atoms with E-state index in [-0.39, 0.29) is 0 Å². The molecule has 0 fully saturated rings. The second-order valence-corrected chi connectivity index (χ2v) is 15.7. The van der Waals surface area contributed by atoms with Gasteiger partial charge in [-0.2, -0.15) is 0 Å². The van der Waals surface area contributed by atoms with Gasteiger partial charge in [-0.1, -0.05) is 133 Å². The van der Waals surface area contributed by atoms with Gasteiger partial charge in [0.2, 0.25) is 0 Å². The Bertz CT molecular complexity index is 3170. The number of aromatic nitrogens is 1. The summed E-state index contributed by atoms with van der Waals surface area (Å²) in [7, 11) is 0. The van der Waals surface area contributed by atoms with Crippen molar-refractivity contribution in [1.29, 1.82) is 0 Å². The Hall–Kier alpha value is -7.40. The van der Waals surface area contributed by atoms with Crippen LogP contribution in [0.4, 0.5) is 34.1 Å². The van der Waals surface area contributed by atoms with E-state index in [1.54, 1.807) is 0 Å². The summed E-state index contributed by atoms with van der Waals surface area (Å²) in [5.41, 5.74) is 12.3. The lowest BCUT2D eigenvalue weighted by Gasteiger charge is -2.30. The molecule has 11 rings (SSSR count). The molecule has 0 spiro atoms. The van der Waals surface area contributed by atoms with Gasteiger partial charge in [0.25, 0.3) is 0 Å². The molecular weight excluding hydrogens is 723 g/mol. The Labute approximate surface area is 341 Å². The normalized spacial score (nSPS) is 11.4. The fourth-order valence-corrected chi connectivity index (χ4v) is 9.62. The average Bonchev–Trinajstić information content (AvgIpc) is 3.84. The van der Waals surface area contributed by atoms with Crippen molar-refractivity contribution in [2.75, 3.05) is 9.80 Å². The zero-order chi connectivity index (χ0) is 38.4. The van der Waals surface area contributed by atoms with Crippen LogP contribution < -0.4 is 9.80 Å². The molecule has 0 bridgehead atoms. The van der Waals surface area contributed by atoms with Crippen LogP contribution in [0.15, 0.2) is 224 Å². The lowest BCUT2D eigenvalue weighted by atomic mass is 10.0. The van der Waals surface area contributed by atoms with Crippen molar-refractivity contribution in [3.63, 3.8) is 0 Å². The first-order valence-corrected chi connectivity index (χ1v) is 20.5. The lowest BCUT2D eigenvalue weighted by Crippen LogP contribution is -2.14. The summed E-state index contributed by atoms with van der Waals surface area (Å²) in [4.78, 5) is 4.84. The summed E-state index contributed by atoms with van der Waals surface area (Å²) in [5, 5.41) is 4.93. The van der Waals surface area contributed by atoms with Crippen molar-refractivity contribution in [3.05, 3.63) is 224 Å². The Balaban J connectivity index is 1.24. The number of benzene rings is 9. The average molecular weight is 760 g/mol. The molecule has 9 aromatic carbocycles. The van der Waals surface area contributed by atoms with Crippen LogP contribution in [0.5, 0.6) is 0 Å². The number of hydrogen-bond donors (Lipinski definition) is 0. The van der Waals surface area contributed by atoms with Gasteiger partial charge in [-0.25, -0.2) is 0 Å². The van der Waals surface area contributed by atoms with Crippen LogP contribution in [0.2, 0.25) is 0 Å². The van der Waals surface area contributed by atoms with Crippen LogP contribution in [0.25, 0.3) is 58.8 Å². The van der Waals surface area contributed by atoms with Gasteiger partial charge in [-0.05, 0) is 102 Å². The largest absolute Gasteiger partial charge is 0.310 e. The van der Waals surface area contributed by atoms with Crippen molar-refractivity contribution in [1.82, 2.24) is 4.57 Å². The minimum atomic E-state index is 1.06. The monoisotopic (exact) mass is 759 g/mol. The van der Waals surface area contributed by atoms with E-state index in [1.165, 1.54) is 42.1 Å². The first kappa shape index (κ1) is 33.9. The maximum atomic E-state index is 2.44. The molecule has 0 radical (unpaired) electrons. The quantitative estimate of drug-likeness (QED) is 0.153. The van der Waals surface area contributed by atoms with Gasteiger partial charge < -0.3 is 14.4 Å². The molecule has 58 heavy (non-hydrogen) atoms. The van der Waals surface area contributed by atoms with Crippen molar-refractivity contribution < 1.29 is 0 Å². The third kappa shape index (κ3) is 5.82. The zero-order valence-electron chi connectivity index (χ0n) is 31.6. The molecular formula is C54H37N3S. The second-order valence-electron chi connectivity index (χ2n) is 14.6. The highest BCUT2D eigenvalue weighted by Gasteiger charge is 2.25. The van der Waals surface area contributed by atoms with Crippen LogP contribution >= 0.6 is 11.3 Å². The van der Waals surface area contributed by atoms with E-state index in [2.05, 4.69) is 239 Å². The fraction of sp³-hybridized carbons (Fsp3) is 0. The molecule has 0 atom stereocenters. The highest BCUT2D eigenvalue weighted by Crippen LogP contribution is 2.49. The molecule has 0 saturated carbocycles. The Morgan fingerprint density at radius 2 is 0.862 bits per heavy atom. The summed E-state index contributed by atoms with van der Waals surface area (Å²) in [6.45, 7) is 0. The fourth-order valence-electron chi connectivity index (χ4n) is 8.54. The number of fused-ring (bicyclic) bond motifs is 6. The summed E-state index contributed by atoms with van der Waals surface area (Å²) in [6.07, 6.45) is 0. The number of thiophene rings is 1. The van der Waals surface area contributed by atoms with Crippen LogP contribution in [0, 0.1) is 0 Å². The summed E-state index contributed by atoms with van der Waals surface area (Å²) >= 11 is 1.85. The number of anilines is 6. The van der Waals surface area contributed by atoms with Crippen molar-refractivity contribution >= 4 is 87.4 Å². The predicted octanol–water partition coefficient (Wildman–Crippen LogP) is 15.8. The van der Waals surface area contributed by atoms with Gasteiger partial charge in [0.15, 0.2) is 0 Å². The lowest BCUT2D eigenvalue weighted by molar-refractivity contribution is 1.17. The molecule has 0 amide bonds. The van der Waals surface area contributed by atoms with E-state index in [9.17, 15) is 0 Å². The van der Waals surface area contributed by atoms with Crippen LogP contribution in [0.1, 0.15) is 0 Å². The third-order valence-corrected chi connectivity index (χ3v) is 12.3. The molecule has 2 aromatic heterocycles. The molecule has 0 saturated heterocycles. The minimum absolute atomic E-state index is 1.06. The Morgan fingerprint density at radius 3 is 1.53 bits per heavy atom. The third-order valence-electron chi connectivity index (χ3n) is 11.1. The molecule has 11 aromatic rings. The highest BCUT2D eigenvalue weighted by atomic mass is 32.1. The Kier molecular flexibility index (Phi) is 8.34. The SMILES string of the molecule is c1ccc(-c2ccc(-n3c4ccccc4c4c(N(c5ccccc5)c5ccccc5)cc(N(c5ccccc5)c5ccc6sc7ccccc7c6c5)cc43)cc2)cc1. The number of nitrogens with zero attached hydrogens (tertiary/aromatic N) is 3. The molecule has 274 valence electrons. The second kappa shape index (κ2) is 14.3. The molecule has 4 heteroatoms. The van der Waals surface area contributed by atoms with Gasteiger partial charge in [0.1, 0.15) is 0 Å². The van der Waals surface area contributed by atoms with E-state index < -0.39 is 0 Å². The van der Waals surface area contributed by atoms with Crippen molar-refractivity contribution in [2.24, 2.45) is 0 Å². The predicted molar refractivity (Wildman–Crippen MR) is 248 cm³/mol. The van der Waals surface area contributed by atoms with E-state index in [0.29, 0.717) is 0 Å². The molecule has 0 aliphatic carbocycles. The summed E-state index contributed by atoms with van der Waals surface area (Å²) in [5.74, 6) is 0. The van der Waals surface area contributed by atoms with Gasteiger partial charge in [0.05, 0.1) is 22.4 Å². The first-order valence-electron chi connectivity index (χ1n) is 19.7. The molecule has 3 nitrogen and oxygen atoms in total. The smallest absolute Gasteiger partial charge is 0.0583 e. The maximum absolute atomic E-state index is 2.44. The summed E-state index contributed by atoms with van der Waals surface area (Å²) < 4.78 is 5.03. The Morgan fingerprint density at radius 1 is 0.328 bits per heavy atom. The first-order chi connectivity index (χ1) is 28.8.